The summed E-state index contributed by atoms with van der Waals surface area (Å²) in [5.41, 5.74) is 6.95. The number of aromatic nitrogens is 1. The van der Waals surface area contributed by atoms with E-state index in [0.29, 0.717) is 17.0 Å². The fourth-order valence-corrected chi connectivity index (χ4v) is 1.73. The minimum Gasteiger partial charge on any atom is -0.495 e. The Kier molecular flexibility index (Phi) is 4.27. The van der Waals surface area contributed by atoms with Crippen LogP contribution in [0.1, 0.15) is 16.1 Å². The van der Waals surface area contributed by atoms with E-state index in [1.54, 1.807) is 31.4 Å². The Morgan fingerprint density at radius 2 is 2.05 bits per heavy atom. The van der Waals surface area contributed by atoms with Crippen molar-refractivity contribution in [3.63, 3.8) is 0 Å². The van der Waals surface area contributed by atoms with E-state index in [2.05, 4.69) is 10.3 Å². The van der Waals surface area contributed by atoms with Crippen LogP contribution in [-0.4, -0.2) is 23.0 Å². The van der Waals surface area contributed by atoms with Gasteiger partial charge in [0.2, 0.25) is 0 Å². The third-order valence-corrected chi connectivity index (χ3v) is 2.87. The molecule has 2 aromatic rings. The van der Waals surface area contributed by atoms with Crippen LogP contribution in [0.3, 0.4) is 0 Å². The van der Waals surface area contributed by atoms with Crippen molar-refractivity contribution in [3.05, 3.63) is 53.9 Å². The zero-order chi connectivity index (χ0) is 14.5. The molecule has 1 heterocycles. The standard InChI is InChI=1S/C14H13N3O2S/c1-19-12-5-3-2-4-10(12)17-14(18)11-7-6-9(8-16-11)13(15)20/h2-8H,1H3,(H2,15,20)(H,17,18). The maximum absolute atomic E-state index is 12.1. The molecule has 0 unspecified atom stereocenters. The first-order valence-electron chi connectivity index (χ1n) is 5.82. The Morgan fingerprint density at radius 3 is 2.65 bits per heavy atom. The Labute approximate surface area is 121 Å². The van der Waals surface area contributed by atoms with E-state index in [1.807, 2.05) is 12.1 Å². The molecule has 5 nitrogen and oxygen atoms in total. The minimum absolute atomic E-state index is 0.245. The Bertz CT molecular complexity index is 641. The summed E-state index contributed by atoms with van der Waals surface area (Å²) < 4.78 is 5.16. The van der Waals surface area contributed by atoms with Gasteiger partial charge >= 0.3 is 0 Å². The highest BCUT2D eigenvalue weighted by Crippen LogP contribution is 2.23. The van der Waals surface area contributed by atoms with Crippen LogP contribution in [0.2, 0.25) is 0 Å². The highest BCUT2D eigenvalue weighted by atomic mass is 32.1. The lowest BCUT2D eigenvalue weighted by molar-refractivity contribution is 0.102. The number of para-hydroxylation sites is 2. The van der Waals surface area contributed by atoms with Crippen LogP contribution in [0.25, 0.3) is 0 Å². The van der Waals surface area contributed by atoms with Gasteiger partial charge in [-0.2, -0.15) is 0 Å². The minimum atomic E-state index is -0.330. The molecule has 0 aliphatic carbocycles. The van der Waals surface area contributed by atoms with Gasteiger partial charge in [0.1, 0.15) is 16.4 Å². The molecule has 0 aliphatic heterocycles. The van der Waals surface area contributed by atoms with Crippen molar-refractivity contribution in [3.8, 4) is 5.75 Å². The third kappa shape index (κ3) is 3.10. The molecule has 0 bridgehead atoms. The normalized spacial score (nSPS) is 9.85. The summed E-state index contributed by atoms with van der Waals surface area (Å²) in [7, 11) is 1.54. The van der Waals surface area contributed by atoms with Gasteiger partial charge in [-0.1, -0.05) is 24.4 Å². The number of methoxy groups -OCH3 is 1. The first-order valence-corrected chi connectivity index (χ1v) is 6.23. The molecule has 3 N–H and O–H groups in total. The summed E-state index contributed by atoms with van der Waals surface area (Å²) >= 11 is 4.83. The van der Waals surface area contributed by atoms with Crippen LogP contribution < -0.4 is 15.8 Å². The first kappa shape index (κ1) is 14.0. The van der Waals surface area contributed by atoms with Crippen LogP contribution >= 0.6 is 12.2 Å². The molecule has 1 amide bonds. The highest BCUT2D eigenvalue weighted by molar-refractivity contribution is 7.80. The maximum atomic E-state index is 12.1. The maximum Gasteiger partial charge on any atom is 0.274 e. The predicted octanol–water partition coefficient (Wildman–Crippen LogP) is 1.98. The summed E-state index contributed by atoms with van der Waals surface area (Å²) in [5, 5.41) is 2.74. The van der Waals surface area contributed by atoms with Crippen LogP contribution in [0.15, 0.2) is 42.6 Å². The quantitative estimate of drug-likeness (QED) is 0.841. The molecular formula is C14H13N3O2S. The van der Waals surface area contributed by atoms with Crippen LogP contribution in [0.4, 0.5) is 5.69 Å². The van der Waals surface area contributed by atoms with Crippen LogP contribution in [-0.2, 0) is 0 Å². The molecular weight excluding hydrogens is 274 g/mol. The number of carbonyl (C=O) groups is 1. The number of pyridine rings is 1. The van der Waals surface area contributed by atoms with Gasteiger partial charge in [-0.15, -0.1) is 0 Å². The lowest BCUT2D eigenvalue weighted by atomic mass is 10.2. The molecule has 2 rings (SSSR count). The number of benzene rings is 1. The topological polar surface area (TPSA) is 77.2 Å². The summed E-state index contributed by atoms with van der Waals surface area (Å²) in [6.07, 6.45) is 1.47. The molecule has 0 fully saturated rings. The summed E-state index contributed by atoms with van der Waals surface area (Å²) in [5.74, 6) is 0.254. The Morgan fingerprint density at radius 1 is 1.30 bits per heavy atom. The van der Waals surface area contributed by atoms with Crippen molar-refractivity contribution in [1.29, 1.82) is 0 Å². The van der Waals surface area contributed by atoms with E-state index >= 15 is 0 Å². The van der Waals surface area contributed by atoms with E-state index in [4.69, 9.17) is 22.7 Å². The van der Waals surface area contributed by atoms with Gasteiger partial charge in [0.05, 0.1) is 12.8 Å². The second kappa shape index (κ2) is 6.12. The predicted molar refractivity (Wildman–Crippen MR) is 81.1 cm³/mol. The number of nitrogens with one attached hydrogen (secondary N) is 1. The fraction of sp³-hybridized carbons (Fsp3) is 0.0714. The van der Waals surface area contributed by atoms with Gasteiger partial charge in [0.25, 0.3) is 5.91 Å². The summed E-state index contributed by atoms with van der Waals surface area (Å²) in [6, 6.07) is 10.4. The lowest BCUT2D eigenvalue weighted by Crippen LogP contribution is -2.15. The van der Waals surface area contributed by atoms with E-state index in [9.17, 15) is 4.79 Å². The number of nitrogens with zero attached hydrogens (tertiary/aromatic N) is 1. The van der Waals surface area contributed by atoms with E-state index in [-0.39, 0.29) is 16.6 Å². The number of hydrogen-bond donors (Lipinski definition) is 2. The molecule has 0 atom stereocenters. The molecule has 1 aromatic heterocycles. The molecule has 0 saturated heterocycles. The van der Waals surface area contributed by atoms with Crippen molar-refractivity contribution in [2.75, 3.05) is 12.4 Å². The molecule has 0 aliphatic rings. The zero-order valence-corrected chi connectivity index (χ0v) is 11.6. The monoisotopic (exact) mass is 287 g/mol. The average molecular weight is 287 g/mol. The van der Waals surface area contributed by atoms with E-state index < -0.39 is 0 Å². The van der Waals surface area contributed by atoms with Crippen LogP contribution in [0, 0.1) is 0 Å². The van der Waals surface area contributed by atoms with Gasteiger partial charge in [0.15, 0.2) is 0 Å². The summed E-state index contributed by atoms with van der Waals surface area (Å²) in [6.45, 7) is 0. The van der Waals surface area contributed by atoms with Gasteiger partial charge in [0, 0.05) is 11.8 Å². The number of carbonyl (C=O) groups excluding carboxylic acids is 1. The SMILES string of the molecule is COc1ccccc1NC(=O)c1ccc(C(N)=S)cn1. The van der Waals surface area contributed by atoms with Crippen LogP contribution in [0.5, 0.6) is 5.75 Å². The van der Waals surface area contributed by atoms with Crippen molar-refractivity contribution in [1.82, 2.24) is 4.98 Å². The average Bonchev–Trinajstić information content (AvgIpc) is 2.48. The number of rotatable bonds is 4. The van der Waals surface area contributed by atoms with Gasteiger partial charge in [-0.25, -0.2) is 0 Å². The van der Waals surface area contributed by atoms with E-state index in [1.165, 1.54) is 6.20 Å². The molecule has 0 spiro atoms. The number of amides is 1. The van der Waals surface area contributed by atoms with Gasteiger partial charge in [-0.3, -0.25) is 9.78 Å². The zero-order valence-electron chi connectivity index (χ0n) is 10.8. The number of thiocarbonyl (C=S) groups is 1. The highest BCUT2D eigenvalue weighted by Gasteiger charge is 2.10. The second-order valence-corrected chi connectivity index (χ2v) is 4.39. The third-order valence-electron chi connectivity index (χ3n) is 2.64. The molecule has 6 heteroatoms. The molecule has 1 aromatic carbocycles. The molecule has 20 heavy (non-hydrogen) atoms. The van der Waals surface area contributed by atoms with Gasteiger partial charge < -0.3 is 15.8 Å². The smallest absolute Gasteiger partial charge is 0.274 e. The lowest BCUT2D eigenvalue weighted by Gasteiger charge is -2.09. The van der Waals surface area contributed by atoms with E-state index in [0.717, 1.165) is 0 Å². The Balaban J connectivity index is 2.17. The van der Waals surface area contributed by atoms with Crippen molar-refractivity contribution in [2.24, 2.45) is 5.73 Å². The second-order valence-electron chi connectivity index (χ2n) is 3.95. The number of nitrogens with two attached hydrogens (primary N) is 1. The van der Waals surface area contributed by atoms with Crippen molar-refractivity contribution in [2.45, 2.75) is 0 Å². The molecule has 0 saturated carbocycles. The number of ether oxygens (including phenoxy) is 1. The first-order chi connectivity index (χ1) is 9.61. The molecule has 102 valence electrons. The van der Waals surface area contributed by atoms with Gasteiger partial charge in [-0.05, 0) is 24.3 Å². The fourth-order valence-electron chi connectivity index (χ4n) is 1.61. The largest absolute Gasteiger partial charge is 0.495 e. The summed E-state index contributed by atoms with van der Waals surface area (Å²) in [4.78, 5) is 16.3. The molecule has 0 radical (unpaired) electrons. The Hall–Kier alpha value is -2.47. The number of hydrogen-bond acceptors (Lipinski definition) is 4. The number of anilines is 1. The van der Waals surface area contributed by atoms with Crippen molar-refractivity contribution < 1.29 is 9.53 Å². The van der Waals surface area contributed by atoms with Crippen molar-refractivity contribution >= 4 is 28.8 Å².